The topological polar surface area (TPSA) is 119 Å². The molecule has 0 bridgehead atoms. The maximum Gasteiger partial charge on any atom is 0.408 e. The Morgan fingerprint density at radius 1 is 1.32 bits per heavy atom. The number of anilines is 2. The van der Waals surface area contributed by atoms with E-state index in [-0.39, 0.29) is 23.6 Å². The van der Waals surface area contributed by atoms with Gasteiger partial charge >= 0.3 is 6.09 Å². The highest BCUT2D eigenvalue weighted by atomic mass is 19.1. The number of hydrogen-bond donors (Lipinski definition) is 2. The summed E-state index contributed by atoms with van der Waals surface area (Å²) in [6.45, 7) is 8.15. The third-order valence-corrected chi connectivity index (χ3v) is 5.56. The van der Waals surface area contributed by atoms with Crippen LogP contribution in [0.15, 0.2) is 24.3 Å². The first kappa shape index (κ1) is 22.3. The van der Waals surface area contributed by atoms with Crippen LogP contribution in [0, 0.1) is 17.1 Å². The molecule has 1 aromatic heterocycles. The van der Waals surface area contributed by atoms with E-state index >= 15 is 0 Å². The molecule has 2 aromatic rings. The third kappa shape index (κ3) is 4.68. The molecule has 1 aromatic carbocycles. The molecule has 0 aliphatic carbocycles. The first-order valence-corrected chi connectivity index (χ1v) is 10.1. The number of nitrogens with zero attached hydrogens (tertiary/aromatic N) is 5. The van der Waals surface area contributed by atoms with Gasteiger partial charge in [-0.1, -0.05) is 6.07 Å². The maximum atomic E-state index is 14.1. The summed E-state index contributed by atoms with van der Waals surface area (Å²) in [5, 5.41) is 18.7. The van der Waals surface area contributed by atoms with Crippen LogP contribution in [0.2, 0.25) is 0 Å². The van der Waals surface area contributed by atoms with Crippen LogP contribution in [0.4, 0.5) is 21.0 Å². The first-order valence-electron chi connectivity index (χ1n) is 10.1. The molecule has 1 aliphatic heterocycles. The molecule has 9 heteroatoms. The van der Waals surface area contributed by atoms with Gasteiger partial charge in [0, 0.05) is 29.8 Å². The second-order valence-corrected chi connectivity index (χ2v) is 8.83. The van der Waals surface area contributed by atoms with Gasteiger partial charge in [-0.25, -0.2) is 14.2 Å². The Morgan fingerprint density at radius 2 is 2.03 bits per heavy atom. The SMILES string of the molecule is C[C@@H]1CC[C@H](N(C(=O)O)C(C)(C)C)CN1c1cc(-c2ccc(C#N)c(F)c2)nc(N)n1. The van der Waals surface area contributed by atoms with Crippen LogP contribution in [0.1, 0.15) is 46.1 Å². The van der Waals surface area contributed by atoms with E-state index in [0.717, 1.165) is 12.8 Å². The van der Waals surface area contributed by atoms with E-state index in [0.29, 0.717) is 23.6 Å². The fraction of sp³-hybridized carbons (Fsp3) is 0.455. The number of carboxylic acid groups (broad SMARTS) is 1. The van der Waals surface area contributed by atoms with Crippen molar-refractivity contribution in [3.8, 4) is 17.3 Å². The van der Waals surface area contributed by atoms with Crippen molar-refractivity contribution in [3.63, 3.8) is 0 Å². The molecule has 2 atom stereocenters. The number of rotatable bonds is 3. The number of benzene rings is 1. The Morgan fingerprint density at radius 3 is 2.61 bits per heavy atom. The van der Waals surface area contributed by atoms with Gasteiger partial charge in [-0.3, -0.25) is 4.90 Å². The molecule has 1 fully saturated rings. The van der Waals surface area contributed by atoms with Crippen LogP contribution >= 0.6 is 0 Å². The van der Waals surface area contributed by atoms with Gasteiger partial charge in [-0.05, 0) is 52.7 Å². The lowest BCUT2D eigenvalue weighted by atomic mass is 9.94. The van der Waals surface area contributed by atoms with E-state index < -0.39 is 17.4 Å². The van der Waals surface area contributed by atoms with Gasteiger partial charge in [0.1, 0.15) is 17.7 Å². The van der Waals surface area contributed by atoms with Gasteiger partial charge in [0.25, 0.3) is 0 Å². The maximum absolute atomic E-state index is 14.1. The Hall–Kier alpha value is -3.41. The molecule has 0 radical (unpaired) electrons. The first-order chi connectivity index (χ1) is 14.5. The smallest absolute Gasteiger partial charge is 0.408 e. The lowest BCUT2D eigenvalue weighted by Gasteiger charge is -2.46. The van der Waals surface area contributed by atoms with E-state index in [1.54, 1.807) is 18.2 Å². The third-order valence-electron chi connectivity index (χ3n) is 5.56. The Labute approximate surface area is 181 Å². The van der Waals surface area contributed by atoms with E-state index in [4.69, 9.17) is 11.0 Å². The molecule has 31 heavy (non-hydrogen) atoms. The quantitative estimate of drug-likeness (QED) is 0.764. The number of amides is 1. The van der Waals surface area contributed by atoms with Crippen LogP contribution in [0.3, 0.4) is 0 Å². The van der Waals surface area contributed by atoms with Crippen molar-refractivity contribution >= 4 is 17.9 Å². The summed E-state index contributed by atoms with van der Waals surface area (Å²) in [5.41, 5.74) is 6.28. The zero-order chi connectivity index (χ0) is 22.9. The predicted molar refractivity (Wildman–Crippen MR) is 116 cm³/mol. The molecule has 1 aliphatic rings. The zero-order valence-electron chi connectivity index (χ0n) is 18.1. The molecule has 8 nitrogen and oxygen atoms in total. The summed E-state index contributed by atoms with van der Waals surface area (Å²) >= 11 is 0. The number of hydrogen-bond acceptors (Lipinski definition) is 6. The monoisotopic (exact) mass is 426 g/mol. The lowest BCUT2D eigenvalue weighted by Crippen LogP contribution is -2.58. The molecule has 3 N–H and O–H groups in total. The van der Waals surface area contributed by atoms with Crippen molar-refractivity contribution in [2.75, 3.05) is 17.2 Å². The molecule has 1 saturated heterocycles. The number of carbonyl (C=O) groups is 1. The number of piperidine rings is 1. The second-order valence-electron chi connectivity index (χ2n) is 8.83. The van der Waals surface area contributed by atoms with Crippen LogP contribution in [0.5, 0.6) is 0 Å². The Balaban J connectivity index is 1.97. The van der Waals surface area contributed by atoms with Crippen molar-refractivity contribution in [2.24, 2.45) is 0 Å². The number of halogens is 1. The molecule has 2 heterocycles. The summed E-state index contributed by atoms with van der Waals surface area (Å²) in [7, 11) is 0. The highest BCUT2D eigenvalue weighted by Crippen LogP contribution is 2.31. The number of nitrogens with two attached hydrogens (primary N) is 1. The number of nitriles is 1. The minimum atomic E-state index is -0.956. The highest BCUT2D eigenvalue weighted by Gasteiger charge is 2.38. The molecule has 1 amide bonds. The normalized spacial score (nSPS) is 19.0. The summed E-state index contributed by atoms with van der Waals surface area (Å²) in [6, 6.07) is 7.69. The van der Waals surface area contributed by atoms with Crippen LogP contribution in [-0.2, 0) is 0 Å². The highest BCUT2D eigenvalue weighted by molar-refractivity contribution is 5.68. The molecule has 3 rings (SSSR count). The van der Waals surface area contributed by atoms with Crippen LogP contribution < -0.4 is 10.6 Å². The largest absolute Gasteiger partial charge is 0.465 e. The minimum Gasteiger partial charge on any atom is -0.465 e. The average molecular weight is 426 g/mol. The second kappa shape index (κ2) is 8.38. The fourth-order valence-corrected chi connectivity index (χ4v) is 4.12. The fourth-order valence-electron chi connectivity index (χ4n) is 4.12. The van der Waals surface area contributed by atoms with Crippen molar-refractivity contribution in [2.45, 2.75) is 58.2 Å². The van der Waals surface area contributed by atoms with Gasteiger partial charge in [-0.15, -0.1) is 0 Å². The van der Waals surface area contributed by atoms with E-state index in [9.17, 15) is 14.3 Å². The van der Waals surface area contributed by atoms with Gasteiger partial charge in [0.05, 0.1) is 17.3 Å². The van der Waals surface area contributed by atoms with Gasteiger partial charge in [0.2, 0.25) is 5.95 Å². The summed E-state index contributed by atoms with van der Waals surface area (Å²) < 4.78 is 14.1. The van der Waals surface area contributed by atoms with Gasteiger partial charge in [0.15, 0.2) is 0 Å². The van der Waals surface area contributed by atoms with Gasteiger partial charge in [-0.2, -0.15) is 10.2 Å². The zero-order valence-corrected chi connectivity index (χ0v) is 18.1. The summed E-state index contributed by atoms with van der Waals surface area (Å²) in [5.74, 6) is -0.0337. The number of nitrogen functional groups attached to an aromatic ring is 1. The van der Waals surface area contributed by atoms with E-state index in [2.05, 4.69) is 16.9 Å². The standard InChI is InChI=1S/C22H27FN6O2/c1-13-5-8-16(29(21(30)31)22(2,3)4)12-28(13)19-10-18(26-20(25)27-19)14-6-7-15(11-24)17(23)9-14/h6-7,9-10,13,16H,5,8,12H2,1-4H3,(H,30,31)(H2,25,26,27)/t13-,16+/m1/s1. The molecule has 0 spiro atoms. The van der Waals surface area contributed by atoms with Crippen LogP contribution in [-0.4, -0.2) is 50.2 Å². The molecular formula is C22H27FN6O2. The van der Waals surface area contributed by atoms with Crippen molar-refractivity contribution in [3.05, 3.63) is 35.6 Å². The average Bonchev–Trinajstić information content (AvgIpc) is 2.67. The lowest BCUT2D eigenvalue weighted by molar-refractivity contribution is 0.0621. The van der Waals surface area contributed by atoms with Crippen LogP contribution in [0.25, 0.3) is 11.3 Å². The Bertz CT molecular complexity index is 1030. The van der Waals surface area contributed by atoms with Crippen molar-refractivity contribution in [1.82, 2.24) is 14.9 Å². The van der Waals surface area contributed by atoms with Gasteiger partial charge < -0.3 is 15.7 Å². The molecular weight excluding hydrogens is 399 g/mol. The number of aromatic nitrogens is 2. The minimum absolute atomic E-state index is 0.0394. The van der Waals surface area contributed by atoms with E-state index in [1.807, 2.05) is 25.7 Å². The Kier molecular flexibility index (Phi) is 6.02. The van der Waals surface area contributed by atoms with E-state index in [1.165, 1.54) is 17.0 Å². The molecule has 0 saturated carbocycles. The summed E-state index contributed by atoms with van der Waals surface area (Å²) in [6.07, 6.45) is 0.577. The molecule has 164 valence electrons. The summed E-state index contributed by atoms with van der Waals surface area (Å²) in [4.78, 5) is 24.1. The predicted octanol–water partition coefficient (Wildman–Crippen LogP) is 3.87. The van der Waals surface area contributed by atoms with Crippen molar-refractivity contribution < 1.29 is 14.3 Å². The van der Waals surface area contributed by atoms with Crippen molar-refractivity contribution in [1.29, 1.82) is 5.26 Å². The molecule has 0 unspecified atom stereocenters.